The first-order valence-electron chi connectivity index (χ1n) is 24.7. The zero-order valence-corrected chi connectivity index (χ0v) is 42.9. The molecule has 1 aliphatic heterocycles. The summed E-state index contributed by atoms with van der Waals surface area (Å²) in [4.78, 5) is 27.9. The Morgan fingerprint density at radius 1 is 0.767 bits per heavy atom. The van der Waals surface area contributed by atoms with E-state index in [1.807, 2.05) is 114 Å². The standard InChI is InChI=1S/C59H62ClN3O9S/c1-4-56(64)70-34-13-31-63(58-62-53-15-9-10-16-55(53)73-58)61-39-49-37-47(48-24-23-46(52(60)38-48)22-17-44-18-26-50(27-19-44)69-35-14-36-71-57(65)5-2)25-30-54(49)72-40-45-20-28-51(29-21-45)68-33-12-8-7-11-32-66-41-59(6-3)42-67-43-59/h4-5,9-10,15-16,18-21,23-30,37-39H,1-2,6-8,11-14,31-36,40-43H2,3H3/b61-39+. The van der Waals surface area contributed by atoms with Crippen molar-refractivity contribution in [2.75, 3.05) is 64.4 Å². The number of unbranched alkanes of at least 4 members (excludes halogenated alkanes) is 3. The average Bonchev–Trinajstić information content (AvgIpc) is 3.85. The zero-order chi connectivity index (χ0) is 51.1. The van der Waals surface area contributed by atoms with E-state index in [2.05, 4.69) is 31.9 Å². The molecule has 7 rings (SSSR count). The van der Waals surface area contributed by atoms with Gasteiger partial charge in [0.25, 0.3) is 0 Å². The molecule has 0 unspecified atom stereocenters. The average molecular weight is 1020 g/mol. The van der Waals surface area contributed by atoms with E-state index in [1.54, 1.807) is 6.21 Å². The van der Waals surface area contributed by atoms with Gasteiger partial charge < -0.3 is 33.2 Å². The van der Waals surface area contributed by atoms with Crippen LogP contribution in [0, 0.1) is 17.3 Å². The van der Waals surface area contributed by atoms with Crippen molar-refractivity contribution in [2.24, 2.45) is 10.5 Å². The predicted molar refractivity (Wildman–Crippen MR) is 290 cm³/mol. The molecule has 6 aromatic rings. The molecule has 0 radical (unpaired) electrons. The number of fused-ring (bicyclic) bond motifs is 1. The molecule has 0 spiro atoms. The second-order valence-corrected chi connectivity index (χ2v) is 18.9. The van der Waals surface area contributed by atoms with Crippen LogP contribution in [0.15, 0.2) is 140 Å². The first kappa shape index (κ1) is 53.8. The van der Waals surface area contributed by atoms with Gasteiger partial charge in [0.05, 0.1) is 67.7 Å². The third-order valence-electron chi connectivity index (χ3n) is 12.0. The molecule has 1 saturated heterocycles. The highest BCUT2D eigenvalue weighted by Crippen LogP contribution is 2.33. The van der Waals surface area contributed by atoms with Crippen molar-refractivity contribution < 1.29 is 42.7 Å². The van der Waals surface area contributed by atoms with Crippen molar-refractivity contribution in [1.82, 2.24) is 4.98 Å². The number of para-hydroxylation sites is 1. The van der Waals surface area contributed by atoms with Gasteiger partial charge in [0.2, 0.25) is 5.13 Å². The minimum Gasteiger partial charge on any atom is -0.494 e. The van der Waals surface area contributed by atoms with Crippen LogP contribution in [0.4, 0.5) is 5.13 Å². The molecular formula is C59H62ClN3O9S. The van der Waals surface area contributed by atoms with Gasteiger partial charge in [0.1, 0.15) is 23.9 Å². The van der Waals surface area contributed by atoms with Crippen LogP contribution >= 0.6 is 22.9 Å². The molecular weight excluding hydrogens is 962 g/mol. The molecule has 0 N–H and O–H groups in total. The van der Waals surface area contributed by atoms with Gasteiger partial charge in [-0.3, -0.25) is 0 Å². The molecule has 0 saturated carbocycles. The highest BCUT2D eigenvalue weighted by Gasteiger charge is 2.36. The smallest absolute Gasteiger partial charge is 0.330 e. The summed E-state index contributed by atoms with van der Waals surface area (Å²) in [7, 11) is 0. The minimum atomic E-state index is -0.476. The van der Waals surface area contributed by atoms with E-state index in [-0.39, 0.29) is 18.6 Å². The van der Waals surface area contributed by atoms with Crippen LogP contribution < -0.4 is 19.2 Å². The second kappa shape index (κ2) is 28.3. The van der Waals surface area contributed by atoms with Gasteiger partial charge >= 0.3 is 11.9 Å². The zero-order valence-electron chi connectivity index (χ0n) is 41.4. The van der Waals surface area contributed by atoms with E-state index in [0.717, 1.165) is 114 Å². The van der Waals surface area contributed by atoms with E-state index in [0.29, 0.717) is 66.4 Å². The van der Waals surface area contributed by atoms with Crippen molar-refractivity contribution in [3.63, 3.8) is 0 Å². The summed E-state index contributed by atoms with van der Waals surface area (Å²) >= 11 is 8.41. The molecule has 1 aliphatic rings. The summed E-state index contributed by atoms with van der Waals surface area (Å²) < 4.78 is 41.0. The van der Waals surface area contributed by atoms with Crippen molar-refractivity contribution >= 4 is 56.4 Å². The SMILES string of the molecule is C=CC(=O)OCCCOc1ccc(C#Cc2ccc(-c3ccc(OCc4ccc(OCCCCCCOCC5(CC)COC5)cc4)c(/C=N/N(CCCOC(=O)C=C)c4nc5ccccc5s4)c3)cc2Cl)cc1. The molecule has 1 fully saturated rings. The lowest BCUT2D eigenvalue weighted by atomic mass is 9.84. The van der Waals surface area contributed by atoms with Gasteiger partial charge in [-0.05, 0) is 115 Å². The van der Waals surface area contributed by atoms with Gasteiger partial charge in [-0.25, -0.2) is 19.6 Å². The summed E-state index contributed by atoms with van der Waals surface area (Å²) in [6, 6.07) is 35.1. The normalized spacial score (nSPS) is 12.6. The van der Waals surface area contributed by atoms with Crippen LogP contribution in [0.3, 0.4) is 0 Å². The van der Waals surface area contributed by atoms with E-state index in [4.69, 9.17) is 54.8 Å². The van der Waals surface area contributed by atoms with Gasteiger partial charge in [-0.1, -0.05) is 97.7 Å². The largest absolute Gasteiger partial charge is 0.494 e. The number of hydrazone groups is 1. The Balaban J connectivity index is 1.01. The van der Waals surface area contributed by atoms with Crippen LogP contribution in [-0.4, -0.2) is 82.5 Å². The number of rotatable bonds is 29. The minimum absolute atomic E-state index is 0.198. The predicted octanol–water partition coefficient (Wildman–Crippen LogP) is 12.4. The van der Waals surface area contributed by atoms with Crippen LogP contribution in [0.1, 0.15) is 74.1 Å². The number of nitrogens with zero attached hydrogens (tertiary/aromatic N) is 3. The Bertz CT molecular complexity index is 2810. The van der Waals surface area contributed by atoms with Gasteiger partial charge in [-0.15, -0.1) is 0 Å². The van der Waals surface area contributed by atoms with E-state index in [1.165, 1.54) is 11.3 Å². The lowest BCUT2D eigenvalue weighted by Crippen LogP contribution is -2.45. The fraction of sp³-hybridized carbons (Fsp3) is 0.322. The van der Waals surface area contributed by atoms with E-state index >= 15 is 0 Å². The number of carbonyl (C=O) groups excluding carboxylic acids is 2. The molecule has 1 aromatic heterocycles. The van der Waals surface area contributed by atoms with Crippen LogP contribution in [0.5, 0.6) is 17.2 Å². The number of anilines is 1. The van der Waals surface area contributed by atoms with Crippen molar-refractivity contribution in [3.05, 3.63) is 162 Å². The highest BCUT2D eigenvalue weighted by molar-refractivity contribution is 7.22. The number of halogens is 1. The number of esters is 2. The summed E-state index contributed by atoms with van der Waals surface area (Å²) in [5, 5.41) is 8.00. The lowest BCUT2D eigenvalue weighted by Gasteiger charge is -2.40. The fourth-order valence-electron chi connectivity index (χ4n) is 7.52. The Morgan fingerprint density at radius 2 is 1.44 bits per heavy atom. The summed E-state index contributed by atoms with van der Waals surface area (Å²) in [6.07, 6.45) is 10.5. The summed E-state index contributed by atoms with van der Waals surface area (Å²) in [5.41, 5.74) is 6.08. The number of hydrogen-bond donors (Lipinski definition) is 0. The maximum Gasteiger partial charge on any atom is 0.330 e. The van der Waals surface area contributed by atoms with Crippen molar-refractivity contribution in [1.29, 1.82) is 0 Å². The van der Waals surface area contributed by atoms with Crippen LogP contribution in [-0.2, 0) is 35.1 Å². The number of carbonyl (C=O) groups is 2. The molecule has 0 amide bonds. The second-order valence-electron chi connectivity index (χ2n) is 17.4. The topological polar surface area (TPSA) is 127 Å². The molecule has 0 atom stereocenters. The molecule has 73 heavy (non-hydrogen) atoms. The fourth-order valence-corrected chi connectivity index (χ4v) is 8.70. The molecule has 2 heterocycles. The highest BCUT2D eigenvalue weighted by atomic mass is 35.5. The number of ether oxygens (including phenoxy) is 7. The first-order valence-corrected chi connectivity index (χ1v) is 25.9. The van der Waals surface area contributed by atoms with Gasteiger partial charge in [-0.2, -0.15) is 5.10 Å². The quantitative estimate of drug-likeness (QED) is 0.0111. The van der Waals surface area contributed by atoms with E-state index < -0.39 is 11.9 Å². The Hall–Kier alpha value is -6.95. The Kier molecular flexibility index (Phi) is 20.9. The molecule has 0 aliphatic carbocycles. The molecule has 14 heteroatoms. The molecule has 0 bridgehead atoms. The van der Waals surface area contributed by atoms with Crippen LogP contribution in [0.2, 0.25) is 5.02 Å². The van der Waals surface area contributed by atoms with Crippen molar-refractivity contribution in [2.45, 2.75) is 58.5 Å². The third kappa shape index (κ3) is 16.8. The molecule has 12 nitrogen and oxygen atoms in total. The summed E-state index contributed by atoms with van der Waals surface area (Å²) in [5.74, 6) is 7.60. The number of thiazole rings is 1. The van der Waals surface area contributed by atoms with E-state index in [9.17, 15) is 9.59 Å². The number of benzene rings is 5. The molecule has 380 valence electrons. The Labute approximate surface area is 437 Å². The number of aromatic nitrogens is 1. The first-order chi connectivity index (χ1) is 35.7. The monoisotopic (exact) mass is 1020 g/mol. The van der Waals surface area contributed by atoms with Crippen LogP contribution in [0.25, 0.3) is 21.3 Å². The Morgan fingerprint density at radius 3 is 2.12 bits per heavy atom. The van der Waals surface area contributed by atoms with Gasteiger partial charge in [0.15, 0.2) is 0 Å². The lowest BCUT2D eigenvalue weighted by molar-refractivity contribution is -0.150. The maximum atomic E-state index is 11.8. The maximum absolute atomic E-state index is 11.8. The summed E-state index contributed by atoms with van der Waals surface area (Å²) in [6.45, 7) is 14.6. The van der Waals surface area contributed by atoms with Gasteiger partial charge in [0, 0.05) is 60.3 Å². The third-order valence-corrected chi connectivity index (χ3v) is 13.3. The molecule has 5 aromatic carbocycles. The number of hydrogen-bond acceptors (Lipinski definition) is 13. The van der Waals surface area contributed by atoms with Crippen molar-refractivity contribution in [3.8, 4) is 40.2 Å².